The zero-order chi connectivity index (χ0) is 34.2. The third-order valence-electron chi connectivity index (χ3n) is 11.2. The largest absolute Gasteiger partial charge is 0.0622 e. The molecule has 1 aliphatic rings. The molecule has 11 rings (SSSR count). The normalized spacial score (nSPS) is 11.8. The van der Waals surface area contributed by atoms with Crippen LogP contribution in [0.15, 0.2) is 194 Å². The van der Waals surface area contributed by atoms with Crippen LogP contribution in [0.4, 0.5) is 0 Å². The third kappa shape index (κ3) is 4.35. The smallest absolute Gasteiger partial charge is 0.000741 e. The average Bonchev–Trinajstić information content (AvgIpc) is 3.55. The fourth-order valence-electron chi connectivity index (χ4n) is 8.83. The molecule has 0 aliphatic heterocycles. The Morgan fingerprint density at radius 1 is 0.212 bits per heavy atom. The lowest BCUT2D eigenvalue weighted by Crippen LogP contribution is -1.93. The van der Waals surface area contributed by atoms with Crippen LogP contribution < -0.4 is 0 Å². The van der Waals surface area contributed by atoms with Crippen molar-refractivity contribution < 1.29 is 0 Å². The minimum atomic E-state index is 1.24. The van der Waals surface area contributed by atoms with E-state index >= 15 is 0 Å². The van der Waals surface area contributed by atoms with Gasteiger partial charge in [-0.3, -0.25) is 0 Å². The standard InChI is InChI=1S/C52H32/c1-3-12-33(13-4-1)37-23-24-39-31-40(26-25-38(39)30-37)42-28-29-47-50-43(42)20-11-21-46(50)51-48(35-15-5-2-6-16-35)44-18-9-10-19-45(44)49(52(47)51)41-27-22-34-14-7-8-17-36(34)32-41/h1-32H. The molecule has 0 heterocycles. The summed E-state index contributed by atoms with van der Waals surface area (Å²) in [6.45, 7) is 0. The first-order valence-electron chi connectivity index (χ1n) is 18.1. The summed E-state index contributed by atoms with van der Waals surface area (Å²) in [4.78, 5) is 0. The van der Waals surface area contributed by atoms with E-state index in [2.05, 4.69) is 194 Å². The van der Waals surface area contributed by atoms with E-state index < -0.39 is 0 Å². The van der Waals surface area contributed by atoms with Crippen LogP contribution in [0.3, 0.4) is 0 Å². The van der Waals surface area contributed by atoms with Gasteiger partial charge in [-0.25, -0.2) is 0 Å². The van der Waals surface area contributed by atoms with E-state index in [1.165, 1.54) is 110 Å². The van der Waals surface area contributed by atoms with E-state index in [9.17, 15) is 0 Å². The van der Waals surface area contributed by atoms with Gasteiger partial charge in [-0.1, -0.05) is 176 Å². The maximum Gasteiger partial charge on any atom is -0.000741 e. The molecule has 0 bridgehead atoms. The maximum atomic E-state index is 2.39. The molecule has 0 fully saturated rings. The summed E-state index contributed by atoms with van der Waals surface area (Å²) < 4.78 is 0. The fourth-order valence-corrected chi connectivity index (χ4v) is 8.83. The summed E-state index contributed by atoms with van der Waals surface area (Å²) in [5, 5.41) is 10.2. The molecule has 0 saturated heterocycles. The highest BCUT2D eigenvalue weighted by atomic mass is 14.3. The predicted molar refractivity (Wildman–Crippen MR) is 223 cm³/mol. The Balaban J connectivity index is 1.18. The Bertz CT molecular complexity index is 3040. The first kappa shape index (κ1) is 29.0. The van der Waals surface area contributed by atoms with E-state index in [4.69, 9.17) is 0 Å². The lowest BCUT2D eigenvalue weighted by molar-refractivity contribution is 1.63. The molecule has 10 aromatic carbocycles. The number of benzene rings is 10. The lowest BCUT2D eigenvalue weighted by Gasteiger charge is -2.20. The molecular weight excluding hydrogens is 625 g/mol. The van der Waals surface area contributed by atoms with Gasteiger partial charge in [0.25, 0.3) is 0 Å². The highest BCUT2D eigenvalue weighted by Gasteiger charge is 2.31. The van der Waals surface area contributed by atoms with Gasteiger partial charge < -0.3 is 0 Å². The summed E-state index contributed by atoms with van der Waals surface area (Å²) in [5.74, 6) is 0. The summed E-state index contributed by atoms with van der Waals surface area (Å²) in [7, 11) is 0. The SMILES string of the molecule is c1ccc(-c2ccc3cc(-c4ccc5c6c(cccc46)-c4c-5c(-c5ccc6ccccc6c5)c5ccccc5c4-c4ccccc4)ccc3c2)cc1. The molecule has 240 valence electrons. The minimum absolute atomic E-state index is 1.24. The molecule has 0 spiro atoms. The Hall–Kier alpha value is -6.76. The van der Waals surface area contributed by atoms with E-state index in [1.54, 1.807) is 0 Å². The van der Waals surface area contributed by atoms with Crippen LogP contribution in [0.1, 0.15) is 0 Å². The molecule has 0 heteroatoms. The highest BCUT2D eigenvalue weighted by Crippen LogP contribution is 2.58. The third-order valence-corrected chi connectivity index (χ3v) is 11.2. The van der Waals surface area contributed by atoms with Crippen molar-refractivity contribution in [1.29, 1.82) is 0 Å². The van der Waals surface area contributed by atoms with Crippen LogP contribution in [0, 0.1) is 0 Å². The van der Waals surface area contributed by atoms with Crippen LogP contribution >= 0.6 is 0 Å². The zero-order valence-corrected chi connectivity index (χ0v) is 28.5. The van der Waals surface area contributed by atoms with Gasteiger partial charge in [0.15, 0.2) is 0 Å². The van der Waals surface area contributed by atoms with Crippen molar-refractivity contribution >= 4 is 43.1 Å². The van der Waals surface area contributed by atoms with Gasteiger partial charge >= 0.3 is 0 Å². The first-order chi connectivity index (χ1) is 25.8. The van der Waals surface area contributed by atoms with Crippen LogP contribution in [-0.4, -0.2) is 0 Å². The van der Waals surface area contributed by atoms with Crippen LogP contribution in [-0.2, 0) is 0 Å². The number of fused-ring (bicyclic) bond motifs is 6. The zero-order valence-electron chi connectivity index (χ0n) is 28.5. The van der Waals surface area contributed by atoms with Crippen molar-refractivity contribution in [3.05, 3.63) is 194 Å². The molecule has 0 N–H and O–H groups in total. The maximum absolute atomic E-state index is 2.39. The fraction of sp³-hybridized carbons (Fsp3) is 0. The van der Waals surface area contributed by atoms with Crippen molar-refractivity contribution in [2.75, 3.05) is 0 Å². The lowest BCUT2D eigenvalue weighted by atomic mass is 9.82. The van der Waals surface area contributed by atoms with Gasteiger partial charge in [-0.05, 0) is 128 Å². The molecule has 0 amide bonds. The van der Waals surface area contributed by atoms with E-state index in [0.29, 0.717) is 0 Å². The van der Waals surface area contributed by atoms with Crippen molar-refractivity contribution in [2.45, 2.75) is 0 Å². The molecule has 0 radical (unpaired) electrons. The Morgan fingerprint density at radius 2 is 0.692 bits per heavy atom. The van der Waals surface area contributed by atoms with E-state index in [1.807, 2.05) is 0 Å². The van der Waals surface area contributed by atoms with Gasteiger partial charge in [-0.15, -0.1) is 0 Å². The van der Waals surface area contributed by atoms with Crippen LogP contribution in [0.2, 0.25) is 0 Å². The van der Waals surface area contributed by atoms with Gasteiger partial charge in [0.05, 0.1) is 0 Å². The van der Waals surface area contributed by atoms with Crippen molar-refractivity contribution in [2.24, 2.45) is 0 Å². The second-order valence-corrected chi connectivity index (χ2v) is 14.0. The second-order valence-electron chi connectivity index (χ2n) is 14.0. The molecule has 0 aromatic heterocycles. The molecular formula is C52H32. The number of rotatable bonds is 4. The van der Waals surface area contributed by atoms with Crippen LogP contribution in [0.5, 0.6) is 0 Å². The van der Waals surface area contributed by atoms with Crippen LogP contribution in [0.25, 0.3) is 110 Å². The molecule has 0 saturated carbocycles. The number of hydrogen-bond acceptors (Lipinski definition) is 0. The molecule has 1 aliphatic carbocycles. The Kier molecular flexibility index (Phi) is 6.35. The predicted octanol–water partition coefficient (Wildman–Crippen LogP) is 14.6. The molecule has 0 unspecified atom stereocenters. The quantitative estimate of drug-likeness (QED) is 0.177. The summed E-state index contributed by atoms with van der Waals surface area (Å²) >= 11 is 0. The van der Waals surface area contributed by atoms with Gasteiger partial charge in [0.2, 0.25) is 0 Å². The van der Waals surface area contributed by atoms with Crippen molar-refractivity contribution in [3.8, 4) is 66.8 Å². The Labute approximate surface area is 302 Å². The van der Waals surface area contributed by atoms with Crippen molar-refractivity contribution in [3.63, 3.8) is 0 Å². The average molecular weight is 657 g/mol. The van der Waals surface area contributed by atoms with Crippen molar-refractivity contribution in [1.82, 2.24) is 0 Å². The minimum Gasteiger partial charge on any atom is -0.0622 e. The first-order valence-corrected chi connectivity index (χ1v) is 18.1. The van der Waals surface area contributed by atoms with E-state index in [0.717, 1.165) is 0 Å². The summed E-state index contributed by atoms with van der Waals surface area (Å²) in [6.07, 6.45) is 0. The van der Waals surface area contributed by atoms with E-state index in [-0.39, 0.29) is 0 Å². The molecule has 52 heavy (non-hydrogen) atoms. The summed E-state index contributed by atoms with van der Waals surface area (Å²) in [5.41, 5.74) is 15.4. The number of hydrogen-bond donors (Lipinski definition) is 0. The monoisotopic (exact) mass is 656 g/mol. The van der Waals surface area contributed by atoms with Gasteiger partial charge in [0, 0.05) is 0 Å². The van der Waals surface area contributed by atoms with Gasteiger partial charge in [0.1, 0.15) is 0 Å². The molecule has 0 atom stereocenters. The second kappa shape index (κ2) is 11.4. The molecule has 10 aromatic rings. The highest BCUT2D eigenvalue weighted by molar-refractivity contribution is 6.29. The topological polar surface area (TPSA) is 0 Å². The summed E-state index contributed by atoms with van der Waals surface area (Å²) in [6, 6.07) is 71.7. The van der Waals surface area contributed by atoms with Gasteiger partial charge in [-0.2, -0.15) is 0 Å². The Morgan fingerprint density at radius 3 is 1.44 bits per heavy atom. The molecule has 0 nitrogen and oxygen atoms in total.